The molecule has 3 heteroatoms. The van der Waals surface area contributed by atoms with E-state index < -0.39 is 0 Å². The van der Waals surface area contributed by atoms with Gasteiger partial charge < -0.3 is 4.57 Å². The first-order valence-electron chi connectivity index (χ1n) is 12.1. The first kappa shape index (κ1) is 22.9. The van der Waals surface area contributed by atoms with Crippen molar-refractivity contribution in [1.29, 1.82) is 5.26 Å². The molecule has 5 rings (SSSR count). The topological polar surface area (TPSA) is 41.6 Å². The van der Waals surface area contributed by atoms with E-state index in [9.17, 15) is 5.26 Å². The minimum absolute atomic E-state index is 0.0450. The second-order valence-corrected chi connectivity index (χ2v) is 11.4. The third-order valence-electron chi connectivity index (χ3n) is 6.87. The molecule has 2 aromatic heterocycles. The van der Waals surface area contributed by atoms with Gasteiger partial charge in [-0.3, -0.25) is 4.98 Å². The Morgan fingerprint density at radius 1 is 0.657 bits per heavy atom. The maximum absolute atomic E-state index is 10.1. The number of hydrogen-bond acceptors (Lipinski definition) is 2. The van der Waals surface area contributed by atoms with Gasteiger partial charge in [-0.2, -0.15) is 5.26 Å². The molecule has 35 heavy (non-hydrogen) atoms. The molecular weight excluding hydrogens is 426 g/mol. The number of nitrogens with zero attached hydrogens (tertiary/aromatic N) is 3. The van der Waals surface area contributed by atoms with Crippen LogP contribution in [0.3, 0.4) is 0 Å². The molecule has 0 saturated heterocycles. The summed E-state index contributed by atoms with van der Waals surface area (Å²) in [4.78, 5) is 4.16. The van der Waals surface area contributed by atoms with Gasteiger partial charge in [-0.05, 0) is 81.6 Å². The van der Waals surface area contributed by atoms with Gasteiger partial charge in [0.1, 0.15) is 6.07 Å². The van der Waals surface area contributed by atoms with Crippen LogP contribution in [0, 0.1) is 11.3 Å². The van der Waals surface area contributed by atoms with E-state index >= 15 is 0 Å². The smallest absolute Gasteiger partial charge is 0.101 e. The summed E-state index contributed by atoms with van der Waals surface area (Å²) in [5.41, 5.74) is 8.62. The molecule has 0 aliphatic carbocycles. The summed E-state index contributed by atoms with van der Waals surface area (Å²) >= 11 is 0. The van der Waals surface area contributed by atoms with Crippen molar-refractivity contribution in [2.75, 3.05) is 0 Å². The monoisotopic (exact) mass is 457 g/mol. The van der Waals surface area contributed by atoms with E-state index in [1.807, 2.05) is 24.3 Å². The second kappa shape index (κ2) is 8.10. The van der Waals surface area contributed by atoms with Crippen LogP contribution in [0.1, 0.15) is 58.2 Å². The highest BCUT2D eigenvalue weighted by molar-refractivity contribution is 6.10. The van der Waals surface area contributed by atoms with Gasteiger partial charge in [0, 0.05) is 23.2 Å². The molecule has 0 N–H and O–H groups in total. The van der Waals surface area contributed by atoms with E-state index in [1.54, 1.807) is 12.4 Å². The van der Waals surface area contributed by atoms with Crippen LogP contribution in [-0.4, -0.2) is 9.55 Å². The summed E-state index contributed by atoms with van der Waals surface area (Å²) < 4.78 is 2.26. The third kappa shape index (κ3) is 4.00. The molecule has 0 atom stereocenters. The Hall–Kier alpha value is -3.90. The van der Waals surface area contributed by atoms with Crippen molar-refractivity contribution in [3.8, 4) is 22.9 Å². The number of fused-ring (bicyclic) bond motifs is 3. The number of rotatable bonds is 2. The fourth-order valence-electron chi connectivity index (χ4n) is 4.75. The fraction of sp³-hybridized carbons (Fsp3) is 0.250. The normalized spacial score (nSPS) is 12.3. The van der Waals surface area contributed by atoms with Crippen LogP contribution in [0.15, 0.2) is 79.1 Å². The van der Waals surface area contributed by atoms with Gasteiger partial charge in [0.05, 0.1) is 22.3 Å². The average Bonchev–Trinajstić information content (AvgIpc) is 3.16. The van der Waals surface area contributed by atoms with Crippen molar-refractivity contribution in [2.24, 2.45) is 0 Å². The Balaban J connectivity index is 1.88. The molecule has 0 bridgehead atoms. The highest BCUT2D eigenvalue weighted by atomic mass is 15.0. The second-order valence-electron chi connectivity index (χ2n) is 11.4. The first-order valence-corrected chi connectivity index (χ1v) is 12.1. The summed E-state index contributed by atoms with van der Waals surface area (Å²) in [7, 11) is 0. The van der Waals surface area contributed by atoms with Crippen molar-refractivity contribution in [3.05, 3.63) is 95.8 Å². The van der Waals surface area contributed by atoms with Gasteiger partial charge >= 0.3 is 0 Å². The van der Waals surface area contributed by atoms with Gasteiger partial charge in [0.2, 0.25) is 0 Å². The predicted octanol–water partition coefficient (Wildman–Crippen LogP) is 8.31. The van der Waals surface area contributed by atoms with E-state index in [0.717, 1.165) is 27.8 Å². The van der Waals surface area contributed by atoms with Crippen molar-refractivity contribution >= 4 is 21.8 Å². The minimum Gasteiger partial charge on any atom is -0.308 e. The van der Waals surface area contributed by atoms with Crippen molar-refractivity contribution in [1.82, 2.24) is 9.55 Å². The Labute approximate surface area is 207 Å². The van der Waals surface area contributed by atoms with Crippen LogP contribution in [-0.2, 0) is 10.8 Å². The number of hydrogen-bond donors (Lipinski definition) is 0. The number of aromatic nitrogens is 2. The molecule has 0 aliphatic heterocycles. The Morgan fingerprint density at radius 2 is 1.20 bits per heavy atom. The zero-order chi connectivity index (χ0) is 25.0. The van der Waals surface area contributed by atoms with Gasteiger partial charge in [-0.1, -0.05) is 59.7 Å². The van der Waals surface area contributed by atoms with E-state index in [4.69, 9.17) is 0 Å². The van der Waals surface area contributed by atoms with Crippen LogP contribution < -0.4 is 0 Å². The largest absolute Gasteiger partial charge is 0.308 e. The van der Waals surface area contributed by atoms with E-state index in [-0.39, 0.29) is 10.8 Å². The molecule has 3 aromatic carbocycles. The van der Waals surface area contributed by atoms with E-state index in [1.165, 1.54) is 21.9 Å². The molecule has 3 nitrogen and oxygen atoms in total. The molecule has 0 radical (unpaired) electrons. The molecule has 0 fully saturated rings. The minimum atomic E-state index is 0.0450. The van der Waals surface area contributed by atoms with Crippen LogP contribution in [0.25, 0.3) is 38.6 Å². The fourth-order valence-corrected chi connectivity index (χ4v) is 4.75. The molecule has 0 unspecified atom stereocenters. The van der Waals surface area contributed by atoms with Crippen molar-refractivity contribution in [3.63, 3.8) is 0 Å². The summed E-state index contributed by atoms with van der Waals surface area (Å²) in [6.07, 6.45) is 3.60. The van der Waals surface area contributed by atoms with Gasteiger partial charge in [-0.15, -0.1) is 0 Å². The SMILES string of the molecule is CC(C)(C)c1ccc2c(c1)c1cc(C(C)(C)C)ccc1n2-c1cc(-c2ccncc2)ccc1C#N. The highest BCUT2D eigenvalue weighted by Gasteiger charge is 2.21. The summed E-state index contributed by atoms with van der Waals surface area (Å²) in [5.74, 6) is 0. The van der Waals surface area contributed by atoms with Gasteiger partial charge in [-0.25, -0.2) is 0 Å². The lowest BCUT2D eigenvalue weighted by Crippen LogP contribution is -2.10. The summed E-state index contributed by atoms with van der Waals surface area (Å²) in [5, 5.41) is 12.5. The Morgan fingerprint density at radius 3 is 1.69 bits per heavy atom. The van der Waals surface area contributed by atoms with Crippen molar-refractivity contribution < 1.29 is 0 Å². The lowest BCUT2D eigenvalue weighted by Gasteiger charge is -2.19. The molecular formula is C32H31N3. The molecule has 2 heterocycles. The zero-order valence-corrected chi connectivity index (χ0v) is 21.3. The zero-order valence-electron chi connectivity index (χ0n) is 21.3. The highest BCUT2D eigenvalue weighted by Crippen LogP contribution is 2.38. The average molecular weight is 458 g/mol. The lowest BCUT2D eigenvalue weighted by atomic mass is 9.85. The van der Waals surface area contributed by atoms with Gasteiger partial charge in [0.25, 0.3) is 0 Å². The number of pyridine rings is 1. The third-order valence-corrected chi connectivity index (χ3v) is 6.87. The summed E-state index contributed by atoms with van der Waals surface area (Å²) in [6.45, 7) is 13.5. The van der Waals surface area contributed by atoms with Crippen LogP contribution >= 0.6 is 0 Å². The maximum Gasteiger partial charge on any atom is 0.101 e. The molecule has 0 aliphatic rings. The molecule has 174 valence electrons. The molecule has 0 amide bonds. The molecule has 5 aromatic rings. The maximum atomic E-state index is 10.1. The van der Waals surface area contributed by atoms with Gasteiger partial charge in [0.15, 0.2) is 0 Å². The van der Waals surface area contributed by atoms with E-state index in [0.29, 0.717) is 5.56 Å². The Kier molecular flexibility index (Phi) is 5.29. The lowest BCUT2D eigenvalue weighted by molar-refractivity contribution is 0.590. The molecule has 0 saturated carbocycles. The number of nitriles is 1. The summed E-state index contributed by atoms with van der Waals surface area (Å²) in [6, 6.07) is 26.0. The molecule has 0 spiro atoms. The van der Waals surface area contributed by atoms with Crippen LogP contribution in [0.2, 0.25) is 0 Å². The van der Waals surface area contributed by atoms with Crippen molar-refractivity contribution in [2.45, 2.75) is 52.4 Å². The predicted molar refractivity (Wildman–Crippen MR) is 146 cm³/mol. The first-order chi connectivity index (χ1) is 16.6. The van der Waals surface area contributed by atoms with Crippen LogP contribution in [0.4, 0.5) is 0 Å². The number of benzene rings is 3. The quantitative estimate of drug-likeness (QED) is 0.267. The van der Waals surface area contributed by atoms with Crippen LogP contribution in [0.5, 0.6) is 0 Å². The Bertz CT molecular complexity index is 1530. The standard InChI is InChI=1S/C32H31N3/c1-31(2,3)24-9-11-28-26(18-24)27-19-25(32(4,5)6)10-12-29(27)35(28)30-17-22(7-8-23(30)20-33)21-13-15-34-16-14-21/h7-19H,1-6H3. The van der Waals surface area contributed by atoms with E-state index in [2.05, 4.69) is 99.6 Å².